The van der Waals surface area contributed by atoms with E-state index in [1.165, 1.54) is 12.1 Å². The predicted octanol–water partition coefficient (Wildman–Crippen LogP) is 6.32. The number of aromatic hydroxyl groups is 5. The fourth-order valence-corrected chi connectivity index (χ4v) is 4.90. The Hall–Kier alpha value is -4.38. The zero-order chi connectivity index (χ0) is 24.1. The zero-order valence-electron chi connectivity index (χ0n) is 18.7. The molecule has 0 heterocycles. The van der Waals surface area contributed by atoms with E-state index in [1.807, 2.05) is 50.2 Å². The van der Waals surface area contributed by atoms with E-state index in [4.69, 9.17) is 0 Å². The second-order valence-corrected chi connectivity index (χ2v) is 8.69. The van der Waals surface area contributed by atoms with E-state index in [2.05, 4.69) is 0 Å². The van der Waals surface area contributed by atoms with E-state index in [1.54, 1.807) is 24.3 Å². The minimum absolute atomic E-state index is 0.184. The fraction of sp³-hybridized carbons (Fsp3) is 0.103. The van der Waals surface area contributed by atoms with Gasteiger partial charge in [0, 0.05) is 16.7 Å². The van der Waals surface area contributed by atoms with Gasteiger partial charge in [0.05, 0.1) is 0 Å². The van der Waals surface area contributed by atoms with E-state index in [-0.39, 0.29) is 34.7 Å². The molecular weight excluding hydrogens is 428 g/mol. The highest BCUT2D eigenvalue weighted by atomic mass is 16.3. The van der Waals surface area contributed by atoms with Crippen LogP contribution < -0.4 is 0 Å². The Balaban J connectivity index is 1.90. The summed E-state index contributed by atoms with van der Waals surface area (Å²) in [6.07, 6.45) is 0. The van der Waals surface area contributed by atoms with Gasteiger partial charge in [-0.3, -0.25) is 0 Å². The molecule has 5 N–H and O–H groups in total. The lowest BCUT2D eigenvalue weighted by Gasteiger charge is -2.24. The number of aryl methyl sites for hydroxylation is 2. The number of benzene rings is 5. The highest BCUT2D eigenvalue weighted by Crippen LogP contribution is 2.45. The van der Waals surface area contributed by atoms with Gasteiger partial charge < -0.3 is 25.5 Å². The normalized spacial score (nSPS) is 11.5. The summed E-state index contributed by atoms with van der Waals surface area (Å²) in [4.78, 5) is 0. The molecule has 170 valence electrons. The molecule has 34 heavy (non-hydrogen) atoms. The Bertz CT molecular complexity index is 1470. The van der Waals surface area contributed by atoms with Crippen LogP contribution in [0.2, 0.25) is 0 Å². The lowest BCUT2D eigenvalue weighted by molar-refractivity contribution is 0.408. The highest BCUT2D eigenvalue weighted by molar-refractivity contribution is 5.97. The maximum atomic E-state index is 10.5. The zero-order valence-corrected chi connectivity index (χ0v) is 18.7. The monoisotopic (exact) mass is 452 g/mol. The van der Waals surface area contributed by atoms with Crippen LogP contribution in [0.1, 0.15) is 33.7 Å². The molecule has 5 aromatic rings. The van der Waals surface area contributed by atoms with Crippen molar-refractivity contribution in [1.29, 1.82) is 0 Å². The van der Waals surface area contributed by atoms with Crippen LogP contribution in [0.3, 0.4) is 0 Å². The summed E-state index contributed by atoms with van der Waals surface area (Å²) in [5.74, 6) is -0.846. The van der Waals surface area contributed by atoms with E-state index in [0.717, 1.165) is 38.6 Å². The molecule has 0 bridgehead atoms. The SMILES string of the molecule is Cc1cc(C(c2cccc3c(O)c(O)ccc23)c2cccc3c(O)c(O)ccc23)cc(C)c1O. The van der Waals surface area contributed by atoms with Crippen molar-refractivity contribution in [3.63, 3.8) is 0 Å². The molecule has 5 aromatic carbocycles. The minimum Gasteiger partial charge on any atom is -0.507 e. The molecule has 0 aliphatic carbocycles. The molecule has 0 amide bonds. The molecule has 0 aliphatic heterocycles. The third kappa shape index (κ3) is 3.25. The van der Waals surface area contributed by atoms with Crippen molar-refractivity contribution < 1.29 is 25.5 Å². The smallest absolute Gasteiger partial charge is 0.165 e. The Morgan fingerprint density at radius 1 is 0.500 bits per heavy atom. The van der Waals surface area contributed by atoms with Crippen LogP contribution in [-0.4, -0.2) is 25.5 Å². The van der Waals surface area contributed by atoms with Crippen LogP contribution >= 0.6 is 0 Å². The molecule has 0 saturated carbocycles. The molecule has 0 aliphatic rings. The average molecular weight is 453 g/mol. The van der Waals surface area contributed by atoms with Crippen LogP contribution in [0.4, 0.5) is 0 Å². The van der Waals surface area contributed by atoms with Gasteiger partial charge in [-0.2, -0.15) is 0 Å². The quantitative estimate of drug-likeness (QED) is 0.163. The topological polar surface area (TPSA) is 101 Å². The van der Waals surface area contributed by atoms with Gasteiger partial charge in [0.2, 0.25) is 0 Å². The minimum atomic E-state index is -0.335. The molecule has 0 aromatic heterocycles. The lowest BCUT2D eigenvalue weighted by atomic mass is 9.79. The third-order valence-electron chi connectivity index (χ3n) is 6.56. The number of phenolic OH excluding ortho intramolecular Hbond substituents is 5. The molecule has 0 unspecified atom stereocenters. The first kappa shape index (κ1) is 21.5. The van der Waals surface area contributed by atoms with Crippen molar-refractivity contribution in [2.24, 2.45) is 0 Å². The summed E-state index contributed by atoms with van der Waals surface area (Å²) in [5.41, 5.74) is 4.17. The van der Waals surface area contributed by atoms with E-state index >= 15 is 0 Å². The van der Waals surface area contributed by atoms with Gasteiger partial charge in [0.25, 0.3) is 0 Å². The standard InChI is InChI=1S/C29H24O5/c1-15-13-17(14-16(2)27(15)32)26(20-5-3-7-22-18(20)9-11-24(30)28(22)33)21-6-4-8-23-19(21)10-12-25(31)29(23)34/h3-14,26,30-34H,1-2H3. The third-order valence-corrected chi connectivity index (χ3v) is 6.56. The maximum absolute atomic E-state index is 10.5. The molecule has 0 radical (unpaired) electrons. The van der Waals surface area contributed by atoms with Crippen molar-refractivity contribution in [2.75, 3.05) is 0 Å². The summed E-state index contributed by atoms with van der Waals surface area (Å²) >= 11 is 0. The molecule has 0 saturated heterocycles. The lowest BCUT2D eigenvalue weighted by Crippen LogP contribution is -2.06. The van der Waals surface area contributed by atoms with Gasteiger partial charge in [-0.05, 0) is 64.6 Å². The highest BCUT2D eigenvalue weighted by Gasteiger charge is 2.24. The van der Waals surface area contributed by atoms with Crippen LogP contribution in [0.15, 0.2) is 72.8 Å². The molecule has 5 rings (SSSR count). The van der Waals surface area contributed by atoms with Crippen LogP contribution in [0.25, 0.3) is 21.5 Å². The average Bonchev–Trinajstić information content (AvgIpc) is 2.83. The second kappa shape index (κ2) is 7.89. The van der Waals surface area contributed by atoms with Crippen molar-refractivity contribution in [2.45, 2.75) is 19.8 Å². The van der Waals surface area contributed by atoms with E-state index in [0.29, 0.717) is 10.8 Å². The number of hydrogen-bond acceptors (Lipinski definition) is 5. The van der Waals surface area contributed by atoms with E-state index < -0.39 is 0 Å². The summed E-state index contributed by atoms with van der Waals surface area (Å²) in [5, 5.41) is 54.2. The number of fused-ring (bicyclic) bond motifs is 2. The van der Waals surface area contributed by atoms with Gasteiger partial charge in [0.15, 0.2) is 23.0 Å². The summed E-state index contributed by atoms with van der Waals surface area (Å²) in [6, 6.07) is 21.5. The van der Waals surface area contributed by atoms with Gasteiger partial charge in [-0.15, -0.1) is 0 Å². The molecule has 0 spiro atoms. The number of phenols is 5. The first-order chi connectivity index (χ1) is 16.3. The first-order valence-electron chi connectivity index (χ1n) is 10.9. The van der Waals surface area contributed by atoms with Crippen LogP contribution in [0, 0.1) is 13.8 Å². The van der Waals surface area contributed by atoms with Gasteiger partial charge in [-0.25, -0.2) is 0 Å². The number of rotatable bonds is 3. The molecular formula is C29H24O5. The predicted molar refractivity (Wildman–Crippen MR) is 133 cm³/mol. The Morgan fingerprint density at radius 3 is 1.38 bits per heavy atom. The van der Waals surface area contributed by atoms with Crippen molar-refractivity contribution >= 4 is 21.5 Å². The maximum Gasteiger partial charge on any atom is 0.165 e. The first-order valence-corrected chi connectivity index (χ1v) is 10.9. The molecule has 5 heteroatoms. The largest absolute Gasteiger partial charge is 0.507 e. The second-order valence-electron chi connectivity index (χ2n) is 8.69. The van der Waals surface area contributed by atoms with Crippen LogP contribution in [0.5, 0.6) is 28.7 Å². The van der Waals surface area contributed by atoms with Gasteiger partial charge in [0.1, 0.15) is 5.75 Å². The number of hydrogen-bond donors (Lipinski definition) is 5. The van der Waals surface area contributed by atoms with Crippen molar-refractivity contribution in [3.8, 4) is 28.7 Å². The summed E-state index contributed by atoms with van der Waals surface area (Å²) < 4.78 is 0. The van der Waals surface area contributed by atoms with E-state index in [9.17, 15) is 25.5 Å². The summed E-state index contributed by atoms with van der Waals surface area (Å²) in [7, 11) is 0. The summed E-state index contributed by atoms with van der Waals surface area (Å²) in [6.45, 7) is 3.70. The van der Waals surface area contributed by atoms with Crippen molar-refractivity contribution in [3.05, 3.63) is 101 Å². The molecule has 0 fully saturated rings. The van der Waals surface area contributed by atoms with Crippen LogP contribution in [-0.2, 0) is 0 Å². The molecule has 0 atom stereocenters. The van der Waals surface area contributed by atoms with Gasteiger partial charge in [-0.1, -0.05) is 60.7 Å². The van der Waals surface area contributed by atoms with Gasteiger partial charge >= 0.3 is 0 Å². The Kier molecular flexibility index (Phi) is 4.98. The fourth-order valence-electron chi connectivity index (χ4n) is 4.90. The Morgan fingerprint density at radius 2 is 0.941 bits per heavy atom. The Labute approximate surface area is 196 Å². The van der Waals surface area contributed by atoms with Crippen molar-refractivity contribution in [1.82, 2.24) is 0 Å². The molecule has 5 nitrogen and oxygen atoms in total.